The molecule has 0 bridgehead atoms. The summed E-state index contributed by atoms with van der Waals surface area (Å²) in [5, 5.41) is 0. The molecule has 10 heteroatoms. The highest BCUT2D eigenvalue weighted by atomic mass is 19.1. The number of anilines is 1. The number of hydrogen-bond donors (Lipinski definition) is 0. The second-order valence-electron chi connectivity index (χ2n) is 9.99. The van der Waals surface area contributed by atoms with Crippen LogP contribution in [0.15, 0.2) is 54.6 Å². The molecule has 1 aliphatic rings. The number of fused-ring (bicyclic) bond motifs is 2. The summed E-state index contributed by atoms with van der Waals surface area (Å²) in [6.07, 6.45) is 0. The molecule has 1 amide bonds. The molecule has 3 heterocycles. The van der Waals surface area contributed by atoms with Crippen molar-refractivity contribution in [2.24, 2.45) is 14.1 Å². The molecule has 5 aromatic rings. The molecular weight excluding hydrogens is 505 g/mol. The maximum atomic E-state index is 14.5. The highest BCUT2D eigenvalue weighted by Crippen LogP contribution is 2.30. The summed E-state index contributed by atoms with van der Waals surface area (Å²) < 4.78 is 45.0. The number of carbonyl (C=O) groups is 1. The van der Waals surface area contributed by atoms with Crippen LogP contribution < -0.4 is 4.90 Å². The van der Waals surface area contributed by atoms with Crippen LogP contribution in [0, 0.1) is 17.5 Å². The van der Waals surface area contributed by atoms with Gasteiger partial charge in [0, 0.05) is 63.7 Å². The van der Waals surface area contributed by atoms with Crippen LogP contribution >= 0.6 is 0 Å². The van der Waals surface area contributed by atoms with Crippen LogP contribution in [-0.2, 0) is 14.1 Å². The molecule has 3 aromatic carbocycles. The first-order valence-corrected chi connectivity index (χ1v) is 12.8. The number of imidazole rings is 2. The molecule has 1 atom stereocenters. The van der Waals surface area contributed by atoms with E-state index in [1.165, 1.54) is 18.2 Å². The van der Waals surface area contributed by atoms with Gasteiger partial charge in [-0.05, 0) is 49.4 Å². The van der Waals surface area contributed by atoms with Gasteiger partial charge >= 0.3 is 0 Å². The minimum Gasteiger partial charge on any atom is -0.368 e. The molecule has 1 unspecified atom stereocenters. The number of aryl methyl sites for hydroxylation is 2. The fraction of sp³-hybridized carbons (Fsp3) is 0.276. The van der Waals surface area contributed by atoms with Crippen LogP contribution in [0.2, 0.25) is 0 Å². The minimum absolute atomic E-state index is 0.0562. The van der Waals surface area contributed by atoms with Crippen LogP contribution in [0.1, 0.15) is 34.8 Å². The molecule has 39 heavy (non-hydrogen) atoms. The highest BCUT2D eigenvalue weighted by Gasteiger charge is 2.26. The van der Waals surface area contributed by atoms with Gasteiger partial charge in [0.15, 0.2) is 5.82 Å². The quantitative estimate of drug-likeness (QED) is 0.327. The summed E-state index contributed by atoms with van der Waals surface area (Å²) in [6, 6.07) is 13.9. The van der Waals surface area contributed by atoms with Gasteiger partial charge in [0.25, 0.3) is 5.91 Å². The first kappa shape index (κ1) is 25.0. The number of nitrogens with zero attached hydrogens (tertiary/aromatic N) is 6. The molecule has 6 rings (SSSR count). The number of halogens is 3. The van der Waals surface area contributed by atoms with Crippen LogP contribution in [0.4, 0.5) is 18.9 Å². The molecule has 0 N–H and O–H groups in total. The number of benzene rings is 3. The van der Waals surface area contributed by atoms with E-state index < -0.39 is 11.6 Å². The van der Waals surface area contributed by atoms with Gasteiger partial charge in [-0.1, -0.05) is 0 Å². The topological polar surface area (TPSA) is 59.2 Å². The summed E-state index contributed by atoms with van der Waals surface area (Å²) in [7, 11) is 3.58. The van der Waals surface area contributed by atoms with Crippen LogP contribution in [0.5, 0.6) is 0 Å². The molecule has 0 aliphatic carbocycles. The van der Waals surface area contributed by atoms with Crippen LogP contribution in [0.25, 0.3) is 22.1 Å². The first-order chi connectivity index (χ1) is 18.7. The SMILES string of the molecule is CC(c1nc2ccc(C(=O)N3CCN(c4ccc(F)cc4)CC3)cc2n1C)c1nc2cc(F)cc(F)c2n1C. The van der Waals surface area contributed by atoms with Gasteiger partial charge in [-0.3, -0.25) is 4.79 Å². The monoisotopic (exact) mass is 532 g/mol. The van der Waals surface area contributed by atoms with E-state index in [-0.39, 0.29) is 28.7 Å². The van der Waals surface area contributed by atoms with E-state index in [4.69, 9.17) is 4.98 Å². The average molecular weight is 533 g/mol. The van der Waals surface area contributed by atoms with Gasteiger partial charge in [-0.2, -0.15) is 0 Å². The second-order valence-corrected chi connectivity index (χ2v) is 9.99. The van der Waals surface area contributed by atoms with E-state index >= 15 is 0 Å². The fourth-order valence-electron chi connectivity index (χ4n) is 5.52. The smallest absolute Gasteiger partial charge is 0.254 e. The molecule has 200 valence electrons. The van der Waals surface area contributed by atoms with Crippen molar-refractivity contribution in [2.45, 2.75) is 12.8 Å². The summed E-state index contributed by atoms with van der Waals surface area (Å²) in [6.45, 7) is 4.37. The molecule has 2 aromatic heterocycles. The Kier molecular flexibility index (Phi) is 6.05. The Morgan fingerprint density at radius 1 is 0.795 bits per heavy atom. The lowest BCUT2D eigenvalue weighted by molar-refractivity contribution is 0.0747. The van der Waals surface area contributed by atoms with Crippen molar-refractivity contribution >= 4 is 33.7 Å². The van der Waals surface area contributed by atoms with Crippen molar-refractivity contribution in [2.75, 3.05) is 31.1 Å². The van der Waals surface area contributed by atoms with Gasteiger partial charge in [0.1, 0.15) is 28.8 Å². The molecule has 1 aliphatic heterocycles. The standard InChI is InChI=1S/C29H27F3N6O/c1-17(28-34-24-16-20(31)15-22(32)26(24)36(28)3)27-33-23-9-4-18(14-25(23)35(27)2)29(39)38-12-10-37(11-13-38)21-7-5-19(30)6-8-21/h4-9,14-17H,10-13H2,1-3H3. The van der Waals surface area contributed by atoms with Crippen molar-refractivity contribution in [3.63, 3.8) is 0 Å². The molecule has 0 saturated carbocycles. The first-order valence-electron chi connectivity index (χ1n) is 12.8. The van der Waals surface area contributed by atoms with E-state index in [2.05, 4.69) is 9.88 Å². The van der Waals surface area contributed by atoms with Crippen molar-refractivity contribution < 1.29 is 18.0 Å². The van der Waals surface area contributed by atoms with E-state index in [0.29, 0.717) is 43.4 Å². The Hall–Kier alpha value is -4.34. The van der Waals surface area contributed by atoms with Crippen molar-refractivity contribution in [3.05, 3.63) is 89.3 Å². The fourth-order valence-corrected chi connectivity index (χ4v) is 5.52. The summed E-state index contributed by atoms with van der Waals surface area (Å²) >= 11 is 0. The lowest BCUT2D eigenvalue weighted by Crippen LogP contribution is -2.48. The largest absolute Gasteiger partial charge is 0.368 e. The van der Waals surface area contributed by atoms with Crippen molar-refractivity contribution in [1.82, 2.24) is 24.0 Å². The number of amides is 1. The van der Waals surface area contributed by atoms with Crippen molar-refractivity contribution in [1.29, 1.82) is 0 Å². The number of carbonyl (C=O) groups excluding carboxylic acids is 1. The predicted molar refractivity (Wildman–Crippen MR) is 143 cm³/mol. The van der Waals surface area contributed by atoms with Gasteiger partial charge < -0.3 is 18.9 Å². The van der Waals surface area contributed by atoms with Crippen molar-refractivity contribution in [3.8, 4) is 0 Å². The van der Waals surface area contributed by atoms with Gasteiger partial charge in [-0.25, -0.2) is 23.1 Å². The van der Waals surface area contributed by atoms with Crippen LogP contribution in [-0.4, -0.2) is 56.1 Å². The summed E-state index contributed by atoms with van der Waals surface area (Å²) in [4.78, 5) is 26.6. The third-order valence-corrected chi connectivity index (χ3v) is 7.62. The number of piperazine rings is 1. The number of hydrogen-bond acceptors (Lipinski definition) is 4. The highest BCUT2D eigenvalue weighted by molar-refractivity contribution is 5.97. The number of aromatic nitrogens is 4. The predicted octanol–water partition coefficient (Wildman–Crippen LogP) is 4.99. The van der Waals surface area contributed by atoms with Gasteiger partial charge in [-0.15, -0.1) is 0 Å². The zero-order valence-corrected chi connectivity index (χ0v) is 21.8. The number of rotatable bonds is 4. The molecule has 0 radical (unpaired) electrons. The maximum Gasteiger partial charge on any atom is 0.254 e. The zero-order chi connectivity index (χ0) is 27.4. The summed E-state index contributed by atoms with van der Waals surface area (Å²) in [5.74, 6) is -0.724. The minimum atomic E-state index is -0.672. The molecule has 0 spiro atoms. The Morgan fingerprint density at radius 3 is 2.18 bits per heavy atom. The van der Waals surface area contributed by atoms with Gasteiger partial charge in [0.05, 0.1) is 22.5 Å². The molecule has 7 nitrogen and oxygen atoms in total. The third kappa shape index (κ3) is 4.29. The lowest BCUT2D eigenvalue weighted by atomic mass is 10.1. The average Bonchev–Trinajstić information content (AvgIpc) is 3.44. The molecule has 1 fully saturated rings. The second kappa shape index (κ2) is 9.44. The Labute approximate surface area is 223 Å². The van der Waals surface area contributed by atoms with Crippen LogP contribution in [0.3, 0.4) is 0 Å². The third-order valence-electron chi connectivity index (χ3n) is 7.62. The van der Waals surface area contributed by atoms with E-state index in [0.717, 1.165) is 22.8 Å². The Morgan fingerprint density at radius 2 is 1.46 bits per heavy atom. The molecule has 1 saturated heterocycles. The molecular formula is C29H27F3N6O. The normalized spacial score (nSPS) is 14.9. The van der Waals surface area contributed by atoms with E-state index in [1.807, 2.05) is 35.6 Å². The lowest BCUT2D eigenvalue weighted by Gasteiger charge is -2.36. The van der Waals surface area contributed by atoms with E-state index in [9.17, 15) is 18.0 Å². The Bertz CT molecular complexity index is 1720. The zero-order valence-electron chi connectivity index (χ0n) is 21.8. The van der Waals surface area contributed by atoms with Gasteiger partial charge in [0.2, 0.25) is 0 Å². The Balaban J connectivity index is 1.24. The van der Waals surface area contributed by atoms with E-state index in [1.54, 1.807) is 29.8 Å². The maximum absolute atomic E-state index is 14.5. The summed E-state index contributed by atoms with van der Waals surface area (Å²) in [5.41, 5.74) is 3.53.